The van der Waals surface area contributed by atoms with Gasteiger partial charge in [-0.15, -0.1) is 0 Å². The summed E-state index contributed by atoms with van der Waals surface area (Å²) in [5, 5.41) is 18.2. The minimum atomic E-state index is -0.565. The van der Waals surface area contributed by atoms with Gasteiger partial charge < -0.3 is 0 Å². The van der Waals surface area contributed by atoms with Gasteiger partial charge in [-0.2, -0.15) is 5.06 Å². The van der Waals surface area contributed by atoms with Crippen LogP contribution < -0.4 is 10.5 Å². The molecular weight excluding hydrogens is 212 g/mol. The van der Waals surface area contributed by atoms with Gasteiger partial charge in [0, 0.05) is 6.92 Å². The first-order chi connectivity index (χ1) is 7.54. The number of rotatable bonds is 3. The summed E-state index contributed by atoms with van der Waals surface area (Å²) in [6.45, 7) is 1.22. The Morgan fingerprint density at radius 2 is 2.12 bits per heavy atom. The molecule has 0 saturated carbocycles. The molecule has 0 aliphatic heterocycles. The molecule has 0 saturated heterocycles. The Morgan fingerprint density at radius 3 is 2.69 bits per heavy atom. The largest absolute Gasteiger partial charge is 0.289 e. The summed E-state index contributed by atoms with van der Waals surface area (Å²) >= 11 is 0. The predicted octanol–water partition coefficient (Wildman–Crippen LogP) is 0.477. The van der Waals surface area contributed by atoms with E-state index >= 15 is 0 Å². The van der Waals surface area contributed by atoms with E-state index in [1.165, 1.54) is 24.5 Å². The summed E-state index contributed by atoms with van der Waals surface area (Å²) in [5.74, 6) is -1.09. The van der Waals surface area contributed by atoms with Crippen molar-refractivity contribution in [2.75, 3.05) is 5.06 Å². The molecule has 0 fully saturated rings. The van der Waals surface area contributed by atoms with Crippen LogP contribution in [0.4, 0.5) is 5.69 Å². The fourth-order valence-corrected chi connectivity index (χ4v) is 1.20. The average molecular weight is 224 g/mol. The van der Waals surface area contributed by atoms with Crippen LogP contribution in [0.15, 0.2) is 24.3 Å². The summed E-state index contributed by atoms with van der Waals surface area (Å²) in [6, 6.07) is 6.26. The highest BCUT2D eigenvalue weighted by atomic mass is 16.5. The molecule has 6 nitrogen and oxygen atoms in total. The standard InChI is InChI=1S/C10H12N2O4/c1-7(13)12(16)9-4-2-3-8(5-9)6-10(14)11-15/h2-5,15-16H,6H2,1H3,(H,11,14). The topological polar surface area (TPSA) is 89.9 Å². The molecule has 16 heavy (non-hydrogen) atoms. The van der Waals surface area contributed by atoms with Gasteiger partial charge in [0.2, 0.25) is 11.8 Å². The van der Waals surface area contributed by atoms with Gasteiger partial charge in [0.15, 0.2) is 0 Å². The van der Waals surface area contributed by atoms with Gasteiger partial charge in [0.1, 0.15) is 0 Å². The maximum Gasteiger partial charge on any atom is 0.247 e. The third-order valence-electron chi connectivity index (χ3n) is 1.94. The molecule has 0 bridgehead atoms. The molecule has 0 spiro atoms. The van der Waals surface area contributed by atoms with Crippen LogP contribution >= 0.6 is 0 Å². The molecule has 0 aromatic heterocycles. The third kappa shape index (κ3) is 3.04. The van der Waals surface area contributed by atoms with Crippen molar-refractivity contribution >= 4 is 17.5 Å². The molecule has 0 unspecified atom stereocenters. The molecule has 0 atom stereocenters. The van der Waals surface area contributed by atoms with E-state index in [4.69, 9.17) is 5.21 Å². The molecule has 0 heterocycles. The van der Waals surface area contributed by atoms with Crippen molar-refractivity contribution in [1.29, 1.82) is 0 Å². The second-order valence-corrected chi connectivity index (χ2v) is 3.21. The molecule has 1 aromatic rings. The maximum absolute atomic E-state index is 10.9. The van der Waals surface area contributed by atoms with Gasteiger partial charge in [-0.05, 0) is 17.7 Å². The number of carbonyl (C=O) groups excluding carboxylic acids is 2. The van der Waals surface area contributed by atoms with Gasteiger partial charge in [0.25, 0.3) is 0 Å². The second kappa shape index (κ2) is 5.24. The van der Waals surface area contributed by atoms with Crippen molar-refractivity contribution in [2.45, 2.75) is 13.3 Å². The van der Waals surface area contributed by atoms with Crippen LogP contribution in [0, 0.1) is 0 Å². The number of hydrogen-bond acceptors (Lipinski definition) is 4. The Hall–Kier alpha value is -1.92. The lowest BCUT2D eigenvalue weighted by molar-refractivity contribution is -0.128. The molecule has 0 aliphatic rings. The van der Waals surface area contributed by atoms with Gasteiger partial charge in [0.05, 0.1) is 12.1 Å². The van der Waals surface area contributed by atoms with Crippen molar-refractivity contribution in [1.82, 2.24) is 5.48 Å². The number of anilines is 1. The van der Waals surface area contributed by atoms with Crippen LogP contribution in [0.3, 0.4) is 0 Å². The number of hydrogen-bond donors (Lipinski definition) is 3. The van der Waals surface area contributed by atoms with E-state index in [1.54, 1.807) is 12.1 Å². The minimum Gasteiger partial charge on any atom is -0.289 e. The van der Waals surface area contributed by atoms with Crippen molar-refractivity contribution in [2.24, 2.45) is 0 Å². The van der Waals surface area contributed by atoms with E-state index in [0.29, 0.717) is 10.6 Å². The third-order valence-corrected chi connectivity index (χ3v) is 1.94. The molecule has 0 aliphatic carbocycles. The SMILES string of the molecule is CC(=O)N(O)c1cccc(CC(=O)NO)c1. The van der Waals surface area contributed by atoms with Crippen LogP contribution in [0.25, 0.3) is 0 Å². The molecule has 2 amide bonds. The average Bonchev–Trinajstić information content (AvgIpc) is 2.28. The van der Waals surface area contributed by atoms with Gasteiger partial charge >= 0.3 is 0 Å². The quantitative estimate of drug-likeness (QED) is 0.514. The Balaban J connectivity index is 2.86. The van der Waals surface area contributed by atoms with E-state index in [0.717, 1.165) is 0 Å². The van der Waals surface area contributed by atoms with E-state index in [2.05, 4.69) is 0 Å². The Kier molecular flexibility index (Phi) is 3.98. The smallest absolute Gasteiger partial charge is 0.247 e. The van der Waals surface area contributed by atoms with E-state index in [9.17, 15) is 14.8 Å². The summed E-state index contributed by atoms with van der Waals surface area (Å²) in [4.78, 5) is 21.8. The van der Waals surface area contributed by atoms with Gasteiger partial charge in [-0.25, -0.2) is 5.48 Å². The second-order valence-electron chi connectivity index (χ2n) is 3.21. The number of carbonyl (C=O) groups is 2. The van der Waals surface area contributed by atoms with Crippen LogP contribution in [0.1, 0.15) is 12.5 Å². The Labute approximate surface area is 92.0 Å². The number of nitrogens with one attached hydrogen (secondary N) is 1. The zero-order chi connectivity index (χ0) is 12.1. The minimum absolute atomic E-state index is 0.0317. The molecule has 6 heteroatoms. The number of benzene rings is 1. The highest BCUT2D eigenvalue weighted by Crippen LogP contribution is 2.15. The maximum atomic E-state index is 10.9. The summed E-state index contributed by atoms with van der Waals surface area (Å²) in [7, 11) is 0. The van der Waals surface area contributed by atoms with Crippen molar-refractivity contribution in [3.8, 4) is 0 Å². The van der Waals surface area contributed by atoms with Crippen molar-refractivity contribution in [3.63, 3.8) is 0 Å². The van der Waals surface area contributed by atoms with Crippen molar-refractivity contribution < 1.29 is 20.0 Å². The summed E-state index contributed by atoms with van der Waals surface area (Å²) in [6.07, 6.45) is -0.0317. The lowest BCUT2D eigenvalue weighted by Gasteiger charge is -2.13. The summed E-state index contributed by atoms with van der Waals surface area (Å²) < 4.78 is 0. The molecule has 1 aromatic carbocycles. The van der Waals surface area contributed by atoms with Crippen molar-refractivity contribution in [3.05, 3.63) is 29.8 Å². The monoisotopic (exact) mass is 224 g/mol. The zero-order valence-corrected chi connectivity index (χ0v) is 8.67. The molecular formula is C10H12N2O4. The fraction of sp³-hybridized carbons (Fsp3) is 0.200. The number of amides is 2. The molecule has 3 N–H and O–H groups in total. The highest BCUT2D eigenvalue weighted by Gasteiger charge is 2.09. The fourth-order valence-electron chi connectivity index (χ4n) is 1.20. The Morgan fingerprint density at radius 1 is 1.44 bits per heavy atom. The van der Waals surface area contributed by atoms with E-state index in [1.807, 2.05) is 0 Å². The first-order valence-corrected chi connectivity index (χ1v) is 4.56. The molecule has 1 rings (SSSR count). The normalized spacial score (nSPS) is 9.69. The zero-order valence-electron chi connectivity index (χ0n) is 8.67. The van der Waals surface area contributed by atoms with Crippen LogP contribution in [0.2, 0.25) is 0 Å². The first kappa shape index (κ1) is 12.2. The lowest BCUT2D eigenvalue weighted by Crippen LogP contribution is -2.24. The number of hydroxylamine groups is 2. The number of nitrogens with zero attached hydrogens (tertiary/aromatic N) is 1. The summed E-state index contributed by atoms with van der Waals surface area (Å²) in [5.41, 5.74) is 2.35. The van der Waals surface area contributed by atoms with Crippen LogP contribution in [0.5, 0.6) is 0 Å². The van der Waals surface area contributed by atoms with Gasteiger partial charge in [-0.3, -0.25) is 20.0 Å². The first-order valence-electron chi connectivity index (χ1n) is 4.56. The predicted molar refractivity (Wildman–Crippen MR) is 55.0 cm³/mol. The van der Waals surface area contributed by atoms with Gasteiger partial charge in [-0.1, -0.05) is 12.1 Å². The van der Waals surface area contributed by atoms with E-state index in [-0.39, 0.29) is 12.1 Å². The lowest BCUT2D eigenvalue weighted by atomic mass is 10.1. The molecule has 0 radical (unpaired) electrons. The molecule has 86 valence electrons. The van der Waals surface area contributed by atoms with Crippen LogP contribution in [-0.4, -0.2) is 22.2 Å². The van der Waals surface area contributed by atoms with E-state index < -0.39 is 11.8 Å². The van der Waals surface area contributed by atoms with Crippen LogP contribution in [-0.2, 0) is 16.0 Å². The Bertz CT molecular complexity index is 406. The highest BCUT2D eigenvalue weighted by molar-refractivity contribution is 5.89.